The Balaban J connectivity index is 2.07. The van der Waals surface area contributed by atoms with Gasteiger partial charge in [-0.15, -0.1) is 0 Å². The lowest BCUT2D eigenvalue weighted by molar-refractivity contribution is 0.767. The third kappa shape index (κ3) is 2.22. The highest BCUT2D eigenvalue weighted by Gasteiger charge is 2.20. The molecule has 3 aromatic carbocycles. The Bertz CT molecular complexity index is 1420. The summed E-state index contributed by atoms with van der Waals surface area (Å²) in [5.41, 5.74) is 1.29. The first kappa shape index (κ1) is 15.5. The third-order valence-electron chi connectivity index (χ3n) is 4.96. The summed E-state index contributed by atoms with van der Waals surface area (Å²) < 4.78 is 2.96. The molecular weight excluding hydrogens is 338 g/mol. The molecule has 130 valence electrons. The molecule has 0 spiro atoms. The summed E-state index contributed by atoms with van der Waals surface area (Å²) in [5.74, 6) is 0.373. The second kappa shape index (κ2) is 5.64. The van der Waals surface area contributed by atoms with E-state index >= 15 is 0 Å². The van der Waals surface area contributed by atoms with Crippen molar-refractivity contribution in [2.24, 2.45) is 7.05 Å². The number of hydrogen-bond donors (Lipinski definition) is 0. The summed E-state index contributed by atoms with van der Waals surface area (Å²) in [4.78, 5) is 29.3. The van der Waals surface area contributed by atoms with E-state index in [1.54, 1.807) is 6.07 Å². The van der Waals surface area contributed by atoms with Gasteiger partial charge < -0.3 is 0 Å². The first-order valence-electron chi connectivity index (χ1n) is 8.65. The van der Waals surface area contributed by atoms with Crippen LogP contribution in [0.5, 0.6) is 0 Å². The van der Waals surface area contributed by atoms with Crippen molar-refractivity contribution in [2.45, 2.75) is 0 Å². The average molecular weight is 353 g/mol. The van der Waals surface area contributed by atoms with E-state index in [0.29, 0.717) is 11.4 Å². The van der Waals surface area contributed by atoms with Crippen LogP contribution in [-0.2, 0) is 7.05 Å². The van der Waals surface area contributed by atoms with Gasteiger partial charge in [0.1, 0.15) is 0 Å². The lowest BCUT2D eigenvalue weighted by Crippen LogP contribution is -2.35. The second-order valence-corrected chi connectivity index (χ2v) is 6.53. The van der Waals surface area contributed by atoms with Crippen LogP contribution in [0.4, 0.5) is 0 Å². The Labute approximate surface area is 154 Å². The number of benzene rings is 3. The van der Waals surface area contributed by atoms with Crippen LogP contribution in [-0.4, -0.2) is 14.1 Å². The van der Waals surface area contributed by atoms with Crippen molar-refractivity contribution in [3.05, 3.63) is 93.6 Å². The maximum absolute atomic E-state index is 12.7. The number of rotatable bonds is 1. The number of para-hydroxylation sites is 1. The van der Waals surface area contributed by atoms with E-state index < -0.39 is 5.69 Å². The van der Waals surface area contributed by atoms with Gasteiger partial charge in [-0.05, 0) is 29.0 Å². The van der Waals surface area contributed by atoms with Gasteiger partial charge in [-0.2, -0.15) is 4.98 Å². The van der Waals surface area contributed by atoms with Gasteiger partial charge >= 0.3 is 5.69 Å². The van der Waals surface area contributed by atoms with E-state index in [2.05, 4.69) is 4.98 Å². The molecule has 0 aromatic heterocycles. The maximum atomic E-state index is 12.7. The van der Waals surface area contributed by atoms with Gasteiger partial charge in [0.15, 0.2) is 5.82 Å². The van der Waals surface area contributed by atoms with Crippen LogP contribution < -0.4 is 11.2 Å². The Kier molecular flexibility index (Phi) is 3.24. The SMILES string of the molecule is Cn1c(=O)nc2n(-c3cccc4ccccc34)c3ccccc3cc-2c1=O. The fourth-order valence-electron chi connectivity index (χ4n) is 3.62. The number of nitrogens with zero attached hydrogens (tertiary/aromatic N) is 3. The molecule has 3 aromatic rings. The fourth-order valence-corrected chi connectivity index (χ4v) is 3.62. The van der Waals surface area contributed by atoms with Crippen molar-refractivity contribution in [1.29, 1.82) is 0 Å². The molecule has 0 N–H and O–H groups in total. The molecule has 27 heavy (non-hydrogen) atoms. The number of pyridine rings is 1. The zero-order valence-electron chi connectivity index (χ0n) is 14.6. The summed E-state index contributed by atoms with van der Waals surface area (Å²) in [6.45, 7) is 0. The molecule has 2 aliphatic heterocycles. The van der Waals surface area contributed by atoms with E-state index in [0.717, 1.165) is 31.9 Å². The van der Waals surface area contributed by atoms with Crippen LogP contribution in [0.3, 0.4) is 0 Å². The summed E-state index contributed by atoms with van der Waals surface area (Å²) in [7, 11) is 1.45. The van der Waals surface area contributed by atoms with E-state index in [-0.39, 0.29) is 5.56 Å². The largest absolute Gasteiger partial charge is 0.352 e. The first-order chi connectivity index (χ1) is 13.1. The summed E-state index contributed by atoms with van der Waals surface area (Å²) in [6, 6.07) is 23.6. The van der Waals surface area contributed by atoms with Gasteiger partial charge in [0, 0.05) is 12.4 Å². The topological polar surface area (TPSA) is 56.9 Å². The van der Waals surface area contributed by atoms with Crippen LogP contribution >= 0.6 is 0 Å². The molecule has 5 nitrogen and oxygen atoms in total. The van der Waals surface area contributed by atoms with Crippen LogP contribution in [0.15, 0.2) is 82.4 Å². The van der Waals surface area contributed by atoms with E-state index in [9.17, 15) is 9.59 Å². The standard InChI is InChI=1S/C22H15N3O2/c1-24-21(26)17-13-15-8-3-5-11-18(15)25(20(17)23-22(24)27)19-12-6-9-14-7-2-4-10-16(14)19/h2-13H,1H3. The molecule has 2 heterocycles. The molecular formula is C22H15N3O2. The molecule has 0 radical (unpaired) electrons. The highest BCUT2D eigenvalue weighted by molar-refractivity contribution is 5.95. The molecule has 2 aliphatic rings. The van der Waals surface area contributed by atoms with Gasteiger partial charge in [0.05, 0.1) is 16.8 Å². The Morgan fingerprint density at radius 3 is 2.37 bits per heavy atom. The zero-order chi connectivity index (χ0) is 18.5. The lowest BCUT2D eigenvalue weighted by Gasteiger charge is -2.19. The smallest absolute Gasteiger partial charge is 0.293 e. The minimum atomic E-state index is -0.559. The highest BCUT2D eigenvalue weighted by Crippen LogP contribution is 2.31. The minimum absolute atomic E-state index is 0.343. The van der Waals surface area contributed by atoms with Crippen LogP contribution in [0.25, 0.3) is 38.8 Å². The molecule has 0 atom stereocenters. The van der Waals surface area contributed by atoms with Crippen molar-refractivity contribution in [3.63, 3.8) is 0 Å². The predicted octanol–water partition coefficient (Wildman–Crippen LogP) is 3.34. The molecule has 0 unspecified atom stereocenters. The normalized spacial score (nSPS) is 11.4. The quantitative estimate of drug-likeness (QED) is 0.434. The minimum Gasteiger partial charge on any atom is -0.293 e. The van der Waals surface area contributed by atoms with Gasteiger partial charge in [-0.3, -0.25) is 13.9 Å². The van der Waals surface area contributed by atoms with Crippen LogP contribution in [0.1, 0.15) is 0 Å². The lowest BCUT2D eigenvalue weighted by atomic mass is 10.1. The third-order valence-corrected chi connectivity index (χ3v) is 4.96. The molecule has 0 saturated carbocycles. The van der Waals surface area contributed by atoms with E-state index in [1.165, 1.54) is 7.05 Å². The average Bonchev–Trinajstić information content (AvgIpc) is 2.71. The Morgan fingerprint density at radius 2 is 1.52 bits per heavy atom. The second-order valence-electron chi connectivity index (χ2n) is 6.53. The molecule has 5 rings (SSSR count). The molecule has 0 fully saturated rings. The molecule has 0 aliphatic carbocycles. The van der Waals surface area contributed by atoms with Gasteiger partial charge in [-0.1, -0.05) is 54.6 Å². The van der Waals surface area contributed by atoms with Crippen LogP contribution in [0.2, 0.25) is 0 Å². The Hall–Kier alpha value is -3.73. The Morgan fingerprint density at radius 1 is 0.815 bits per heavy atom. The number of fused-ring (bicyclic) bond motifs is 3. The zero-order valence-corrected chi connectivity index (χ0v) is 14.6. The molecule has 0 bridgehead atoms. The predicted molar refractivity (Wildman–Crippen MR) is 107 cm³/mol. The van der Waals surface area contributed by atoms with Crippen molar-refractivity contribution in [2.75, 3.05) is 0 Å². The van der Waals surface area contributed by atoms with Crippen molar-refractivity contribution < 1.29 is 0 Å². The van der Waals surface area contributed by atoms with E-state index in [1.807, 2.05) is 71.3 Å². The van der Waals surface area contributed by atoms with E-state index in [4.69, 9.17) is 0 Å². The maximum Gasteiger partial charge on any atom is 0.352 e. The number of aromatic nitrogens is 3. The highest BCUT2D eigenvalue weighted by atomic mass is 16.2. The number of hydrogen-bond acceptors (Lipinski definition) is 3. The molecule has 0 saturated heterocycles. The summed E-state index contributed by atoms with van der Waals surface area (Å²) >= 11 is 0. The molecule has 5 heteroatoms. The van der Waals surface area contributed by atoms with Gasteiger partial charge in [-0.25, -0.2) is 4.79 Å². The first-order valence-corrected chi connectivity index (χ1v) is 8.65. The summed E-state index contributed by atoms with van der Waals surface area (Å²) in [6.07, 6.45) is 0. The van der Waals surface area contributed by atoms with Gasteiger partial charge in [0.2, 0.25) is 0 Å². The summed E-state index contributed by atoms with van der Waals surface area (Å²) in [5, 5.41) is 3.02. The molecule has 0 amide bonds. The monoisotopic (exact) mass is 353 g/mol. The van der Waals surface area contributed by atoms with Crippen LogP contribution in [0, 0.1) is 0 Å². The van der Waals surface area contributed by atoms with Crippen molar-refractivity contribution in [3.8, 4) is 17.1 Å². The fraction of sp³-hybridized carbons (Fsp3) is 0.0455. The van der Waals surface area contributed by atoms with Crippen molar-refractivity contribution >= 4 is 21.7 Å². The van der Waals surface area contributed by atoms with Crippen molar-refractivity contribution in [1.82, 2.24) is 14.1 Å². The van der Waals surface area contributed by atoms with Gasteiger partial charge in [0.25, 0.3) is 5.56 Å².